The standard InChI is InChI=1S/C17H17N3O2S/c1-19-13-8-4-5-9-14(13)20(17(19)23)18-11-12-7-6-10-15(21-2)16(12)22-3/h4-11H,1-3H3/b18-11-. The minimum Gasteiger partial charge on any atom is -0.493 e. The van der Waals surface area contributed by atoms with Crippen LogP contribution in [0, 0.1) is 4.77 Å². The van der Waals surface area contributed by atoms with Crippen LogP contribution in [0.3, 0.4) is 0 Å². The molecule has 0 fully saturated rings. The number of hydrogen-bond acceptors (Lipinski definition) is 4. The van der Waals surface area contributed by atoms with Crippen LogP contribution in [0.15, 0.2) is 47.6 Å². The van der Waals surface area contributed by atoms with Crippen molar-refractivity contribution in [3.8, 4) is 11.5 Å². The smallest absolute Gasteiger partial charge is 0.201 e. The molecule has 6 heteroatoms. The van der Waals surface area contributed by atoms with Crippen molar-refractivity contribution >= 4 is 29.5 Å². The van der Waals surface area contributed by atoms with Gasteiger partial charge in [0.1, 0.15) is 0 Å². The molecule has 0 amide bonds. The second-order valence-electron chi connectivity index (χ2n) is 4.97. The van der Waals surface area contributed by atoms with Crippen molar-refractivity contribution in [1.29, 1.82) is 0 Å². The Bertz CT molecular complexity index is 941. The molecule has 0 bridgehead atoms. The molecule has 23 heavy (non-hydrogen) atoms. The number of hydrogen-bond donors (Lipinski definition) is 0. The molecule has 0 aliphatic rings. The molecule has 0 unspecified atom stereocenters. The Morgan fingerprint density at radius 1 is 1.00 bits per heavy atom. The molecule has 0 saturated heterocycles. The highest BCUT2D eigenvalue weighted by Crippen LogP contribution is 2.29. The summed E-state index contributed by atoms with van der Waals surface area (Å²) in [6.45, 7) is 0. The van der Waals surface area contributed by atoms with E-state index in [9.17, 15) is 0 Å². The quantitative estimate of drug-likeness (QED) is 0.543. The topological polar surface area (TPSA) is 40.7 Å². The average molecular weight is 327 g/mol. The summed E-state index contributed by atoms with van der Waals surface area (Å²) in [5, 5.41) is 4.54. The number of fused-ring (bicyclic) bond motifs is 1. The summed E-state index contributed by atoms with van der Waals surface area (Å²) in [7, 11) is 5.15. The normalized spacial score (nSPS) is 11.3. The van der Waals surface area contributed by atoms with E-state index >= 15 is 0 Å². The lowest BCUT2D eigenvalue weighted by Gasteiger charge is -2.09. The van der Waals surface area contributed by atoms with Gasteiger partial charge in [0.2, 0.25) is 4.77 Å². The van der Waals surface area contributed by atoms with Gasteiger partial charge in [0.05, 0.1) is 31.5 Å². The zero-order chi connectivity index (χ0) is 16.4. The Hall–Kier alpha value is -2.60. The van der Waals surface area contributed by atoms with E-state index in [0.717, 1.165) is 16.6 Å². The third kappa shape index (κ3) is 2.61. The van der Waals surface area contributed by atoms with E-state index in [2.05, 4.69) is 5.10 Å². The Kier molecular flexibility index (Phi) is 4.16. The number of rotatable bonds is 4. The molecule has 1 aromatic heterocycles. The highest BCUT2D eigenvalue weighted by atomic mass is 32.1. The largest absolute Gasteiger partial charge is 0.493 e. The third-order valence-electron chi connectivity index (χ3n) is 3.69. The van der Waals surface area contributed by atoms with Crippen LogP contribution in [-0.4, -0.2) is 29.7 Å². The summed E-state index contributed by atoms with van der Waals surface area (Å²) in [5.41, 5.74) is 2.81. The first-order valence-electron chi connectivity index (χ1n) is 7.09. The lowest BCUT2D eigenvalue weighted by molar-refractivity contribution is 0.354. The van der Waals surface area contributed by atoms with Crippen molar-refractivity contribution in [1.82, 2.24) is 9.24 Å². The fourth-order valence-corrected chi connectivity index (χ4v) is 2.76. The molecule has 0 aliphatic carbocycles. The van der Waals surface area contributed by atoms with Gasteiger partial charge in [0, 0.05) is 12.6 Å². The molecule has 118 valence electrons. The highest BCUT2D eigenvalue weighted by Gasteiger charge is 2.09. The van der Waals surface area contributed by atoms with E-state index in [1.165, 1.54) is 0 Å². The van der Waals surface area contributed by atoms with Gasteiger partial charge in [-0.1, -0.05) is 18.2 Å². The molecule has 0 spiro atoms. The molecular formula is C17H17N3O2S. The lowest BCUT2D eigenvalue weighted by Crippen LogP contribution is -1.97. The maximum Gasteiger partial charge on any atom is 0.201 e. The predicted molar refractivity (Wildman–Crippen MR) is 94.3 cm³/mol. The molecule has 0 atom stereocenters. The van der Waals surface area contributed by atoms with Crippen molar-refractivity contribution in [3.63, 3.8) is 0 Å². The van der Waals surface area contributed by atoms with Gasteiger partial charge in [-0.3, -0.25) is 0 Å². The minimum atomic E-state index is 0.629. The lowest BCUT2D eigenvalue weighted by atomic mass is 10.2. The molecule has 0 N–H and O–H groups in total. The summed E-state index contributed by atoms with van der Waals surface area (Å²) >= 11 is 5.48. The van der Waals surface area contributed by atoms with Crippen molar-refractivity contribution in [2.45, 2.75) is 0 Å². The van der Waals surface area contributed by atoms with Gasteiger partial charge in [0.25, 0.3) is 0 Å². The molecule has 1 heterocycles. The van der Waals surface area contributed by atoms with Crippen LogP contribution >= 0.6 is 12.2 Å². The number of imidazole rings is 1. The van der Waals surface area contributed by atoms with Gasteiger partial charge in [-0.25, -0.2) is 4.68 Å². The number of benzene rings is 2. The van der Waals surface area contributed by atoms with E-state index in [4.69, 9.17) is 21.7 Å². The summed E-state index contributed by atoms with van der Waals surface area (Å²) in [5.74, 6) is 1.31. The summed E-state index contributed by atoms with van der Waals surface area (Å²) in [6, 6.07) is 13.6. The van der Waals surface area contributed by atoms with E-state index in [1.807, 2.05) is 54.1 Å². The summed E-state index contributed by atoms with van der Waals surface area (Å²) in [6.07, 6.45) is 1.73. The average Bonchev–Trinajstić information content (AvgIpc) is 2.84. The Morgan fingerprint density at radius 3 is 2.43 bits per heavy atom. The number of para-hydroxylation sites is 3. The van der Waals surface area contributed by atoms with Crippen LogP contribution in [0.2, 0.25) is 0 Å². The van der Waals surface area contributed by atoms with Crippen LogP contribution in [0.1, 0.15) is 5.56 Å². The fourth-order valence-electron chi connectivity index (χ4n) is 2.52. The van der Waals surface area contributed by atoms with Crippen LogP contribution in [0.4, 0.5) is 0 Å². The molecule has 5 nitrogen and oxygen atoms in total. The van der Waals surface area contributed by atoms with Gasteiger partial charge in [-0.15, -0.1) is 0 Å². The van der Waals surface area contributed by atoms with Gasteiger partial charge in [-0.2, -0.15) is 5.10 Å². The van der Waals surface area contributed by atoms with E-state index in [-0.39, 0.29) is 0 Å². The Labute approximate surface area is 139 Å². The number of nitrogens with zero attached hydrogens (tertiary/aromatic N) is 3. The van der Waals surface area contributed by atoms with Crippen molar-refractivity contribution in [2.24, 2.45) is 12.1 Å². The van der Waals surface area contributed by atoms with Crippen molar-refractivity contribution < 1.29 is 9.47 Å². The third-order valence-corrected chi connectivity index (χ3v) is 4.13. The van der Waals surface area contributed by atoms with Gasteiger partial charge >= 0.3 is 0 Å². The van der Waals surface area contributed by atoms with Gasteiger partial charge in [-0.05, 0) is 36.5 Å². The zero-order valence-corrected chi connectivity index (χ0v) is 14.0. The van der Waals surface area contributed by atoms with Crippen LogP contribution in [0.5, 0.6) is 11.5 Å². The van der Waals surface area contributed by atoms with Crippen molar-refractivity contribution in [2.75, 3.05) is 14.2 Å². The number of ether oxygens (including phenoxy) is 2. The molecule has 0 radical (unpaired) electrons. The second kappa shape index (κ2) is 6.26. The Morgan fingerprint density at radius 2 is 1.74 bits per heavy atom. The second-order valence-corrected chi connectivity index (χ2v) is 5.33. The SMILES string of the molecule is COc1cccc(/C=N\n2c(=S)n(C)c3ccccc32)c1OC. The first kappa shape index (κ1) is 15.3. The van der Waals surface area contributed by atoms with Crippen LogP contribution in [0.25, 0.3) is 11.0 Å². The van der Waals surface area contributed by atoms with Gasteiger partial charge in [0.15, 0.2) is 11.5 Å². The molecule has 3 rings (SSSR count). The maximum absolute atomic E-state index is 5.48. The minimum absolute atomic E-state index is 0.629. The predicted octanol–water partition coefficient (Wildman–Crippen LogP) is 3.61. The van der Waals surface area contributed by atoms with E-state index < -0.39 is 0 Å². The van der Waals surface area contributed by atoms with Crippen molar-refractivity contribution in [3.05, 3.63) is 52.8 Å². The first-order chi connectivity index (χ1) is 11.2. The monoisotopic (exact) mass is 327 g/mol. The molecule has 3 aromatic rings. The van der Waals surface area contributed by atoms with Crippen LogP contribution in [-0.2, 0) is 7.05 Å². The highest BCUT2D eigenvalue weighted by molar-refractivity contribution is 7.71. The van der Waals surface area contributed by atoms with Gasteiger partial charge < -0.3 is 14.0 Å². The van der Waals surface area contributed by atoms with E-state index in [0.29, 0.717) is 16.3 Å². The summed E-state index contributed by atoms with van der Waals surface area (Å²) < 4.78 is 15.0. The maximum atomic E-state index is 5.48. The number of methoxy groups -OCH3 is 2. The molecule has 0 aliphatic heterocycles. The fraction of sp³-hybridized carbons (Fsp3) is 0.176. The van der Waals surface area contributed by atoms with Crippen LogP contribution < -0.4 is 9.47 Å². The molecular weight excluding hydrogens is 310 g/mol. The number of aryl methyl sites for hydroxylation is 1. The Balaban J connectivity index is 2.12. The molecule has 0 saturated carbocycles. The zero-order valence-electron chi connectivity index (χ0n) is 13.2. The number of aromatic nitrogens is 2. The summed E-state index contributed by atoms with van der Waals surface area (Å²) in [4.78, 5) is 0. The molecule has 2 aromatic carbocycles. The van der Waals surface area contributed by atoms with E-state index in [1.54, 1.807) is 25.1 Å². The first-order valence-corrected chi connectivity index (χ1v) is 7.50.